The molecule has 0 saturated carbocycles. The first kappa shape index (κ1) is 54.9. The van der Waals surface area contributed by atoms with E-state index in [1.807, 2.05) is 20.3 Å². The first-order valence-electron chi connectivity index (χ1n) is 1.86. The first-order chi connectivity index (χ1) is 2.41. The molecule has 0 aromatic carbocycles. The van der Waals surface area contributed by atoms with E-state index in [2.05, 4.69) is 6.92 Å². The summed E-state index contributed by atoms with van der Waals surface area (Å²) in [5.74, 6) is 0. The van der Waals surface area contributed by atoms with E-state index in [1.165, 1.54) is 0 Å². The third-order valence-corrected chi connectivity index (χ3v) is 0. The van der Waals surface area contributed by atoms with Crippen LogP contribution in [0.25, 0.3) is 18.5 Å². The average Bonchev–Trinajstić information content (AvgIpc) is 1.46. The predicted octanol–water partition coefficient (Wildman–Crippen LogP) is 4.22. The van der Waals surface area contributed by atoms with Gasteiger partial charge in [-0.2, -0.15) is 20.8 Å². The Balaban J connectivity index is -0.00000000357. The summed E-state index contributed by atoms with van der Waals surface area (Å²) < 4.78 is 0. The van der Waals surface area contributed by atoms with Crippen LogP contribution in [0.5, 0.6) is 0 Å². The number of hydrogen-bond acceptors (Lipinski definition) is 0. The predicted molar refractivity (Wildman–Crippen MR) is 42.5 cm³/mol. The van der Waals surface area contributed by atoms with E-state index in [9.17, 15) is 0 Å². The van der Waals surface area contributed by atoms with Gasteiger partial charge in [0.25, 0.3) is 0 Å². The van der Waals surface area contributed by atoms with Gasteiger partial charge in [0.2, 0.25) is 0 Å². The molecule has 0 spiro atoms. The van der Waals surface area contributed by atoms with Gasteiger partial charge in [-0.1, -0.05) is 0 Å². The van der Waals surface area contributed by atoms with Crippen LogP contribution in [0.4, 0.5) is 0 Å². The van der Waals surface area contributed by atoms with E-state index >= 15 is 0 Å². The van der Waals surface area contributed by atoms with Gasteiger partial charge in [-0.25, -0.2) is 0 Å². The largest absolute Gasteiger partial charge is 0.693 e. The Hall–Kier alpha value is 0.594. The molecule has 6 N–H and O–H groups in total. The molecule has 9 heavy (non-hydrogen) atoms. The van der Waals surface area contributed by atoms with Crippen LogP contribution in [0.15, 0.2) is 0 Å². The van der Waals surface area contributed by atoms with Gasteiger partial charge in [-0.3, -0.25) is 0 Å². The summed E-state index contributed by atoms with van der Waals surface area (Å²) in [6.45, 7) is 9.00. The molecule has 0 amide bonds. The Kier molecular flexibility index (Phi) is 1190. The molecule has 0 atom stereocenters. The van der Waals surface area contributed by atoms with Crippen LogP contribution in [0.1, 0.15) is 20.8 Å². The van der Waals surface area contributed by atoms with Gasteiger partial charge in [0.1, 0.15) is 0 Å². The maximum absolute atomic E-state index is 3.25. The van der Waals surface area contributed by atoms with E-state index in [1.54, 1.807) is 6.92 Å². The van der Waals surface area contributed by atoms with Crippen molar-refractivity contribution < 1.29 is 21.7 Å². The standard InChI is InChI=1S/C3H7.C2H5.3H2N.Ti/c1-3-2;1-2;;;;/h3H,1-2H3;1H2,2H3;3*1H2;/q5*-1;. The second-order valence-electron chi connectivity index (χ2n) is 0.577. The summed E-state index contributed by atoms with van der Waals surface area (Å²) in [5.41, 5.74) is 0. The smallest absolute Gasteiger partial charge is 0 e. The molecule has 0 aliphatic rings. The van der Waals surface area contributed by atoms with E-state index in [-0.39, 0.29) is 40.2 Å². The molecular weight excluding hydrogens is 150 g/mol. The molecule has 0 radical (unpaired) electrons. The molecule has 0 aliphatic heterocycles. The van der Waals surface area contributed by atoms with Crippen LogP contribution in [0, 0.1) is 13.3 Å². The molecule has 0 aliphatic carbocycles. The van der Waals surface area contributed by atoms with Gasteiger partial charge in [-0.05, 0) is 0 Å². The molecule has 0 saturated heterocycles. The van der Waals surface area contributed by atoms with Crippen molar-refractivity contribution in [1.82, 2.24) is 0 Å². The Labute approximate surface area is 74.6 Å². The number of nitrogens with two attached hydrogens (primary N) is 3. The fraction of sp³-hybridized carbons (Fsp3) is 0.600. The minimum Gasteiger partial charge on any atom is -0.693 e. The third-order valence-electron chi connectivity index (χ3n) is 0. The Bertz CT molecular complexity index is 12.2. The molecule has 4 heteroatoms. The second-order valence-corrected chi connectivity index (χ2v) is 0.577. The topological polar surface area (TPSA) is 100 Å². The van der Waals surface area contributed by atoms with E-state index in [0.717, 1.165) is 0 Å². The summed E-state index contributed by atoms with van der Waals surface area (Å²) in [5, 5.41) is 0. The molecule has 0 unspecified atom stereocenters. The normalized spacial score (nSPS) is 2.67. The van der Waals surface area contributed by atoms with Gasteiger partial charge in [0.15, 0.2) is 0 Å². The maximum Gasteiger partial charge on any atom is 0 e. The van der Waals surface area contributed by atoms with Gasteiger partial charge in [-0.15, -0.1) is 0 Å². The molecule has 0 fully saturated rings. The summed E-state index contributed by atoms with van der Waals surface area (Å²) in [4.78, 5) is 0. The van der Waals surface area contributed by atoms with Gasteiger partial charge in [0.05, 0.1) is 0 Å². The van der Waals surface area contributed by atoms with Crippen molar-refractivity contribution in [3.63, 3.8) is 0 Å². The van der Waals surface area contributed by atoms with Crippen molar-refractivity contribution >= 4 is 0 Å². The molecule has 0 aromatic rings. The minimum absolute atomic E-state index is 0. The minimum atomic E-state index is 0. The molecule has 0 rings (SSSR count). The van der Waals surface area contributed by atoms with Gasteiger partial charge in [0, 0.05) is 21.7 Å². The summed E-state index contributed by atoms with van der Waals surface area (Å²) in [6.07, 6.45) is 2.00. The zero-order valence-corrected chi connectivity index (χ0v) is 8.08. The van der Waals surface area contributed by atoms with E-state index < -0.39 is 0 Å². The number of hydrogen-bond donors (Lipinski definition) is 0. The molecule has 0 aromatic heterocycles. The third kappa shape index (κ3) is 1060. The Morgan fingerprint density at radius 1 is 0.889 bits per heavy atom. The Morgan fingerprint density at radius 2 is 0.889 bits per heavy atom. The van der Waals surface area contributed by atoms with Crippen LogP contribution < -0.4 is 0 Å². The SMILES string of the molecule is C[CH-]C.[CH2-]C.[NH2-].[NH2-].[NH2-].[Ti]. The summed E-state index contributed by atoms with van der Waals surface area (Å²) in [7, 11) is 0. The molecule has 3 nitrogen and oxygen atoms in total. The van der Waals surface area contributed by atoms with Crippen LogP contribution in [-0.4, -0.2) is 0 Å². The molecule has 62 valence electrons. The van der Waals surface area contributed by atoms with Crippen molar-refractivity contribution in [3.05, 3.63) is 31.8 Å². The first-order valence-corrected chi connectivity index (χ1v) is 1.86. The monoisotopic (exact) mass is 168 g/mol. The van der Waals surface area contributed by atoms with Crippen molar-refractivity contribution in [2.75, 3.05) is 0 Å². The molecule has 0 heterocycles. The zero-order chi connectivity index (χ0) is 4.71. The summed E-state index contributed by atoms with van der Waals surface area (Å²) >= 11 is 0. The van der Waals surface area contributed by atoms with Crippen LogP contribution >= 0.6 is 0 Å². The van der Waals surface area contributed by atoms with Crippen molar-refractivity contribution in [2.24, 2.45) is 0 Å². The van der Waals surface area contributed by atoms with Crippen molar-refractivity contribution in [2.45, 2.75) is 20.8 Å². The van der Waals surface area contributed by atoms with Gasteiger partial charge >= 0.3 is 0 Å². The number of rotatable bonds is 0. The average molecular weight is 168 g/mol. The maximum atomic E-state index is 3.25. The van der Waals surface area contributed by atoms with Crippen LogP contribution in [0.2, 0.25) is 0 Å². The fourth-order valence-electron chi connectivity index (χ4n) is 0. The van der Waals surface area contributed by atoms with Crippen LogP contribution in [-0.2, 0) is 21.7 Å². The zero-order valence-electron chi connectivity index (χ0n) is 6.52. The van der Waals surface area contributed by atoms with Crippen molar-refractivity contribution in [3.8, 4) is 0 Å². The second kappa shape index (κ2) is 195. The van der Waals surface area contributed by atoms with Gasteiger partial charge < -0.3 is 31.8 Å². The fourth-order valence-corrected chi connectivity index (χ4v) is 0. The molecular formula is C5H18N3Ti-5. The Morgan fingerprint density at radius 3 is 0.889 bits per heavy atom. The van der Waals surface area contributed by atoms with E-state index in [0.29, 0.717) is 0 Å². The van der Waals surface area contributed by atoms with Crippen molar-refractivity contribution in [1.29, 1.82) is 0 Å². The molecule has 0 bridgehead atoms. The van der Waals surface area contributed by atoms with E-state index in [4.69, 9.17) is 0 Å². The summed E-state index contributed by atoms with van der Waals surface area (Å²) in [6, 6.07) is 0. The van der Waals surface area contributed by atoms with Crippen LogP contribution in [0.3, 0.4) is 0 Å². The quantitative estimate of drug-likeness (QED) is 0.381.